The average molecular weight is 331 g/mol. The van der Waals surface area contributed by atoms with Crippen molar-refractivity contribution in [2.45, 2.75) is 19.3 Å². The highest BCUT2D eigenvalue weighted by molar-refractivity contribution is 7.73. The quantitative estimate of drug-likeness (QED) is 0.650. The highest BCUT2D eigenvalue weighted by atomic mass is 32.2. The van der Waals surface area contributed by atoms with Crippen LogP contribution in [-0.2, 0) is 23.7 Å². The lowest BCUT2D eigenvalue weighted by atomic mass is 10.1. The Balaban J connectivity index is 1.60. The number of carbonyl (C=O) groups excluding carboxylic acids is 1. The summed E-state index contributed by atoms with van der Waals surface area (Å²) in [5, 5.41) is 5.51. The van der Waals surface area contributed by atoms with E-state index in [1.165, 1.54) is 17.5 Å². The Kier molecular flexibility index (Phi) is 4.47. The standard InChI is InChI=1S/C16H17N3O3S/c20-16(17-13-6-8-14(9-7-13)19-23(21)22)18-15-5-4-11-2-1-3-12(11)10-15/h4-10,23H,1-3H2,(H2,17,18,20)(H,19,21,22). The fourth-order valence-corrected chi connectivity index (χ4v) is 3.04. The minimum atomic E-state index is -2.69. The van der Waals surface area contributed by atoms with Crippen molar-refractivity contribution in [3.8, 4) is 0 Å². The lowest BCUT2D eigenvalue weighted by Crippen LogP contribution is -2.19. The lowest BCUT2D eigenvalue weighted by molar-refractivity contribution is 0.262. The number of carbonyl (C=O) groups is 1. The Morgan fingerprint density at radius 2 is 1.43 bits per heavy atom. The van der Waals surface area contributed by atoms with Gasteiger partial charge in [-0.15, -0.1) is 0 Å². The second kappa shape index (κ2) is 6.70. The second-order valence-electron chi connectivity index (χ2n) is 5.36. The van der Waals surface area contributed by atoms with E-state index < -0.39 is 10.9 Å². The minimum absolute atomic E-state index is 0.335. The van der Waals surface area contributed by atoms with Gasteiger partial charge in [-0.05, 0) is 66.8 Å². The fourth-order valence-electron chi connectivity index (χ4n) is 2.68. The third-order valence-electron chi connectivity index (χ3n) is 3.72. The third kappa shape index (κ3) is 4.01. The molecule has 2 amide bonds. The first-order valence-electron chi connectivity index (χ1n) is 7.31. The van der Waals surface area contributed by atoms with E-state index in [2.05, 4.69) is 21.4 Å². The van der Waals surface area contributed by atoms with Crippen molar-refractivity contribution in [2.24, 2.45) is 0 Å². The first kappa shape index (κ1) is 15.4. The number of hydrogen-bond acceptors (Lipinski definition) is 3. The van der Waals surface area contributed by atoms with Gasteiger partial charge in [-0.1, -0.05) is 6.07 Å². The van der Waals surface area contributed by atoms with Crippen LogP contribution in [0.25, 0.3) is 0 Å². The smallest absolute Gasteiger partial charge is 0.308 e. The zero-order chi connectivity index (χ0) is 16.2. The number of rotatable bonds is 4. The van der Waals surface area contributed by atoms with Gasteiger partial charge in [0.15, 0.2) is 0 Å². The summed E-state index contributed by atoms with van der Waals surface area (Å²) in [6.45, 7) is 0. The number of hydrogen-bond donors (Lipinski definition) is 4. The van der Waals surface area contributed by atoms with Crippen molar-refractivity contribution in [2.75, 3.05) is 15.4 Å². The van der Waals surface area contributed by atoms with Gasteiger partial charge in [0.1, 0.15) is 0 Å². The summed E-state index contributed by atoms with van der Waals surface area (Å²) in [4.78, 5) is 12.0. The van der Waals surface area contributed by atoms with Crippen LogP contribution in [0.4, 0.5) is 21.9 Å². The lowest BCUT2D eigenvalue weighted by Gasteiger charge is -2.09. The maximum absolute atomic E-state index is 12.0. The van der Waals surface area contributed by atoms with Gasteiger partial charge in [-0.25, -0.2) is 13.2 Å². The summed E-state index contributed by atoms with van der Waals surface area (Å²) in [6.07, 6.45) is 3.33. The number of thiol groups is 1. The van der Waals surface area contributed by atoms with Gasteiger partial charge < -0.3 is 10.6 Å². The fraction of sp³-hybridized carbons (Fsp3) is 0.188. The molecule has 0 radical (unpaired) electrons. The van der Waals surface area contributed by atoms with Gasteiger partial charge >= 0.3 is 6.03 Å². The van der Waals surface area contributed by atoms with Gasteiger partial charge in [0.25, 0.3) is 0 Å². The predicted molar refractivity (Wildman–Crippen MR) is 91.5 cm³/mol. The molecule has 2 aromatic rings. The van der Waals surface area contributed by atoms with E-state index in [4.69, 9.17) is 0 Å². The average Bonchev–Trinajstić information content (AvgIpc) is 2.96. The van der Waals surface area contributed by atoms with E-state index in [-0.39, 0.29) is 6.03 Å². The molecule has 1 aliphatic rings. The topological polar surface area (TPSA) is 87.3 Å². The predicted octanol–water partition coefficient (Wildman–Crippen LogP) is 2.76. The molecular weight excluding hydrogens is 314 g/mol. The molecule has 6 nitrogen and oxygen atoms in total. The van der Waals surface area contributed by atoms with E-state index in [1.54, 1.807) is 24.3 Å². The molecule has 3 rings (SSSR count). The molecule has 0 saturated heterocycles. The van der Waals surface area contributed by atoms with Crippen LogP contribution in [0.1, 0.15) is 17.5 Å². The summed E-state index contributed by atoms with van der Waals surface area (Å²) in [7, 11) is -2.69. The minimum Gasteiger partial charge on any atom is -0.308 e. The first-order valence-corrected chi connectivity index (χ1v) is 8.49. The number of nitrogens with one attached hydrogen (secondary N) is 3. The van der Waals surface area contributed by atoms with Crippen molar-refractivity contribution in [1.82, 2.24) is 0 Å². The monoisotopic (exact) mass is 331 g/mol. The van der Waals surface area contributed by atoms with Gasteiger partial charge in [0.2, 0.25) is 10.9 Å². The second-order valence-corrected chi connectivity index (χ2v) is 6.10. The van der Waals surface area contributed by atoms with E-state index >= 15 is 0 Å². The maximum atomic E-state index is 12.0. The summed E-state index contributed by atoms with van der Waals surface area (Å²) >= 11 is 0. The molecule has 1 aliphatic carbocycles. The Labute approximate surface area is 136 Å². The number of anilines is 3. The van der Waals surface area contributed by atoms with Gasteiger partial charge in [-0.3, -0.25) is 4.72 Å². The summed E-state index contributed by atoms with van der Waals surface area (Å²) < 4.78 is 23.4. The Bertz CT molecular complexity index is 793. The van der Waals surface area contributed by atoms with Crippen molar-refractivity contribution in [1.29, 1.82) is 0 Å². The van der Waals surface area contributed by atoms with Crippen LogP contribution in [0.15, 0.2) is 42.5 Å². The molecule has 7 heteroatoms. The number of aryl methyl sites for hydroxylation is 2. The number of amides is 2. The summed E-state index contributed by atoms with van der Waals surface area (Å²) in [5.74, 6) is 0. The van der Waals surface area contributed by atoms with Gasteiger partial charge in [-0.2, -0.15) is 0 Å². The Morgan fingerprint density at radius 3 is 2.17 bits per heavy atom. The first-order chi connectivity index (χ1) is 11.1. The Hall–Kier alpha value is -2.54. The molecule has 0 aromatic heterocycles. The molecule has 120 valence electrons. The van der Waals surface area contributed by atoms with Crippen LogP contribution in [0.3, 0.4) is 0 Å². The van der Waals surface area contributed by atoms with E-state index in [0.717, 1.165) is 18.5 Å². The van der Waals surface area contributed by atoms with Crippen LogP contribution in [-0.4, -0.2) is 14.4 Å². The molecule has 2 aromatic carbocycles. The number of urea groups is 1. The molecule has 3 N–H and O–H groups in total. The number of benzene rings is 2. The SMILES string of the molecule is O=C(Nc1ccc(N[SH](=O)=O)cc1)Nc1ccc2c(c1)CCC2. The highest BCUT2D eigenvalue weighted by Crippen LogP contribution is 2.25. The van der Waals surface area contributed by atoms with Crippen molar-refractivity contribution < 1.29 is 13.2 Å². The summed E-state index contributed by atoms with van der Waals surface area (Å²) in [6, 6.07) is 12.1. The molecule has 0 saturated carbocycles. The van der Waals surface area contributed by atoms with Crippen LogP contribution in [0, 0.1) is 0 Å². The summed E-state index contributed by atoms with van der Waals surface area (Å²) in [5.41, 5.74) is 4.45. The number of fused-ring (bicyclic) bond motifs is 1. The molecule has 0 spiro atoms. The maximum Gasteiger partial charge on any atom is 0.323 e. The van der Waals surface area contributed by atoms with Crippen LogP contribution in [0.5, 0.6) is 0 Å². The zero-order valence-electron chi connectivity index (χ0n) is 12.3. The van der Waals surface area contributed by atoms with Crippen LogP contribution in [0.2, 0.25) is 0 Å². The molecule has 23 heavy (non-hydrogen) atoms. The van der Waals surface area contributed by atoms with Crippen molar-refractivity contribution in [3.63, 3.8) is 0 Å². The van der Waals surface area contributed by atoms with Crippen LogP contribution >= 0.6 is 0 Å². The third-order valence-corrected chi connectivity index (χ3v) is 4.16. The van der Waals surface area contributed by atoms with Crippen molar-refractivity contribution in [3.05, 3.63) is 53.6 Å². The normalized spacial score (nSPS) is 12.7. The van der Waals surface area contributed by atoms with Crippen molar-refractivity contribution >= 4 is 34.0 Å². The van der Waals surface area contributed by atoms with E-state index in [9.17, 15) is 13.2 Å². The molecule has 0 heterocycles. The molecule has 0 fully saturated rings. The zero-order valence-corrected chi connectivity index (χ0v) is 13.2. The van der Waals surface area contributed by atoms with E-state index in [0.29, 0.717) is 11.4 Å². The Morgan fingerprint density at radius 1 is 0.826 bits per heavy atom. The highest BCUT2D eigenvalue weighted by Gasteiger charge is 2.11. The molecular formula is C16H17N3O3S. The molecule has 0 aliphatic heterocycles. The van der Waals surface area contributed by atoms with Crippen LogP contribution < -0.4 is 15.4 Å². The van der Waals surface area contributed by atoms with Gasteiger partial charge in [0.05, 0.1) is 0 Å². The largest absolute Gasteiger partial charge is 0.323 e. The molecule has 0 atom stereocenters. The van der Waals surface area contributed by atoms with E-state index in [1.807, 2.05) is 12.1 Å². The van der Waals surface area contributed by atoms with Gasteiger partial charge in [0, 0.05) is 17.1 Å². The molecule has 0 bridgehead atoms. The molecule has 0 unspecified atom stereocenters.